The second-order valence-electron chi connectivity index (χ2n) is 6.58. The average Bonchev–Trinajstić information content (AvgIpc) is 3.48. The molecule has 0 bridgehead atoms. The van der Waals surface area contributed by atoms with Gasteiger partial charge in [-0.3, -0.25) is 14.4 Å². The van der Waals surface area contributed by atoms with E-state index < -0.39 is 0 Å². The molecule has 0 saturated carbocycles. The minimum absolute atomic E-state index is 0.130. The van der Waals surface area contributed by atoms with Gasteiger partial charge < -0.3 is 24.8 Å². The van der Waals surface area contributed by atoms with Crippen molar-refractivity contribution >= 4 is 17.7 Å². The van der Waals surface area contributed by atoms with Gasteiger partial charge in [-0.2, -0.15) is 0 Å². The summed E-state index contributed by atoms with van der Waals surface area (Å²) in [7, 11) is 0. The summed E-state index contributed by atoms with van der Waals surface area (Å²) < 4.78 is 10.2. The maximum atomic E-state index is 12.3. The Balaban J connectivity index is 1.36. The number of nitrogens with one attached hydrogen (secondary N) is 3. The van der Waals surface area contributed by atoms with Crippen molar-refractivity contribution < 1.29 is 23.2 Å². The molecule has 2 heterocycles. The van der Waals surface area contributed by atoms with Crippen molar-refractivity contribution in [2.45, 2.75) is 25.9 Å². The van der Waals surface area contributed by atoms with E-state index in [0.717, 1.165) is 5.56 Å². The highest BCUT2D eigenvalue weighted by molar-refractivity contribution is 5.94. The predicted octanol–water partition coefficient (Wildman–Crippen LogP) is 2.63. The number of hydrogen-bond acceptors (Lipinski definition) is 5. The van der Waals surface area contributed by atoms with E-state index in [9.17, 15) is 14.4 Å². The van der Waals surface area contributed by atoms with Gasteiger partial charge in [-0.05, 0) is 48.4 Å². The highest BCUT2D eigenvalue weighted by Gasteiger charge is 2.09. The molecule has 156 valence electrons. The van der Waals surface area contributed by atoms with Gasteiger partial charge in [0.2, 0.25) is 5.91 Å². The van der Waals surface area contributed by atoms with Crippen molar-refractivity contribution in [2.75, 3.05) is 6.54 Å². The highest BCUT2D eigenvalue weighted by atomic mass is 16.3. The summed E-state index contributed by atoms with van der Waals surface area (Å²) in [5.74, 6) is 0.268. The average molecular weight is 409 g/mol. The first-order valence-electron chi connectivity index (χ1n) is 9.60. The predicted molar refractivity (Wildman–Crippen MR) is 108 cm³/mol. The smallest absolute Gasteiger partial charge is 0.286 e. The molecule has 3 N–H and O–H groups in total. The van der Waals surface area contributed by atoms with Crippen LogP contribution in [0.5, 0.6) is 0 Å². The third-order valence-electron chi connectivity index (χ3n) is 4.29. The van der Waals surface area contributed by atoms with Crippen LogP contribution in [0.4, 0.5) is 0 Å². The standard InChI is InChI=1S/C22H23N3O5/c26-20(9-2-10-23-22(28)19-8-4-12-30-19)24-14-16-5-1-6-17(13-16)21(27)25-15-18-7-3-11-29-18/h1,3-8,11-13H,2,9-10,14-15H2,(H,23,28)(H,24,26)(H,25,27). The van der Waals surface area contributed by atoms with Crippen LogP contribution < -0.4 is 16.0 Å². The summed E-state index contributed by atoms with van der Waals surface area (Å²) in [6.45, 7) is 0.998. The summed E-state index contributed by atoms with van der Waals surface area (Å²) in [5, 5.41) is 8.30. The van der Waals surface area contributed by atoms with Gasteiger partial charge in [0.1, 0.15) is 5.76 Å². The molecule has 0 aliphatic rings. The van der Waals surface area contributed by atoms with E-state index in [1.165, 1.54) is 6.26 Å². The maximum absolute atomic E-state index is 12.3. The Kier molecular flexibility index (Phi) is 7.43. The van der Waals surface area contributed by atoms with Crippen LogP contribution in [0.1, 0.15) is 45.1 Å². The van der Waals surface area contributed by atoms with Gasteiger partial charge in [-0.1, -0.05) is 12.1 Å². The Morgan fingerprint density at radius 1 is 0.800 bits per heavy atom. The highest BCUT2D eigenvalue weighted by Crippen LogP contribution is 2.07. The fraction of sp³-hybridized carbons (Fsp3) is 0.227. The molecule has 0 radical (unpaired) electrons. The third-order valence-corrected chi connectivity index (χ3v) is 4.29. The number of furan rings is 2. The zero-order valence-electron chi connectivity index (χ0n) is 16.4. The molecule has 3 amide bonds. The van der Waals surface area contributed by atoms with Crippen molar-refractivity contribution in [1.29, 1.82) is 0 Å². The SMILES string of the molecule is O=C(CCCNC(=O)c1ccco1)NCc1cccc(C(=O)NCc2ccco2)c1. The lowest BCUT2D eigenvalue weighted by molar-refractivity contribution is -0.121. The van der Waals surface area contributed by atoms with Crippen LogP contribution >= 0.6 is 0 Å². The fourth-order valence-electron chi connectivity index (χ4n) is 2.74. The topological polar surface area (TPSA) is 114 Å². The van der Waals surface area contributed by atoms with Crippen molar-refractivity contribution in [3.63, 3.8) is 0 Å². The Bertz CT molecular complexity index is 965. The minimum Gasteiger partial charge on any atom is -0.467 e. The van der Waals surface area contributed by atoms with E-state index in [0.29, 0.717) is 37.4 Å². The lowest BCUT2D eigenvalue weighted by Gasteiger charge is -2.08. The van der Waals surface area contributed by atoms with Crippen LogP contribution in [0, 0.1) is 0 Å². The molecule has 8 nitrogen and oxygen atoms in total. The molecule has 3 aromatic rings. The van der Waals surface area contributed by atoms with Gasteiger partial charge in [0.05, 0.1) is 19.1 Å². The van der Waals surface area contributed by atoms with Crippen LogP contribution in [-0.4, -0.2) is 24.3 Å². The number of hydrogen-bond donors (Lipinski definition) is 3. The van der Waals surface area contributed by atoms with Crippen molar-refractivity contribution in [1.82, 2.24) is 16.0 Å². The molecule has 3 rings (SSSR count). The van der Waals surface area contributed by atoms with Crippen LogP contribution in [0.15, 0.2) is 69.9 Å². The lowest BCUT2D eigenvalue weighted by atomic mass is 10.1. The van der Waals surface area contributed by atoms with E-state index in [2.05, 4.69) is 16.0 Å². The Hall–Kier alpha value is -3.81. The van der Waals surface area contributed by atoms with E-state index in [1.54, 1.807) is 48.7 Å². The Morgan fingerprint density at radius 2 is 1.63 bits per heavy atom. The summed E-state index contributed by atoms with van der Waals surface area (Å²) >= 11 is 0. The number of amides is 3. The normalized spacial score (nSPS) is 10.4. The molecule has 0 atom stereocenters. The lowest BCUT2D eigenvalue weighted by Crippen LogP contribution is -2.27. The largest absolute Gasteiger partial charge is 0.467 e. The maximum Gasteiger partial charge on any atom is 0.286 e. The Labute approximate surface area is 173 Å². The van der Waals surface area contributed by atoms with Gasteiger partial charge in [-0.15, -0.1) is 0 Å². The number of carbonyl (C=O) groups is 3. The zero-order valence-corrected chi connectivity index (χ0v) is 16.4. The van der Waals surface area contributed by atoms with Crippen LogP contribution in [0.25, 0.3) is 0 Å². The minimum atomic E-state index is -0.303. The van der Waals surface area contributed by atoms with Gasteiger partial charge in [-0.25, -0.2) is 0 Å². The molecule has 8 heteroatoms. The van der Waals surface area contributed by atoms with E-state index in [4.69, 9.17) is 8.83 Å². The van der Waals surface area contributed by atoms with E-state index in [1.807, 2.05) is 6.07 Å². The zero-order chi connectivity index (χ0) is 21.2. The van der Waals surface area contributed by atoms with Gasteiger partial charge in [0, 0.05) is 25.1 Å². The summed E-state index contributed by atoms with van der Waals surface area (Å²) in [4.78, 5) is 36.0. The van der Waals surface area contributed by atoms with Gasteiger partial charge in [0.15, 0.2) is 5.76 Å². The molecule has 0 unspecified atom stereocenters. The molecule has 1 aromatic carbocycles. The van der Waals surface area contributed by atoms with Crippen LogP contribution in [-0.2, 0) is 17.9 Å². The molecule has 2 aromatic heterocycles. The third kappa shape index (κ3) is 6.37. The molecular weight excluding hydrogens is 386 g/mol. The monoisotopic (exact) mass is 409 g/mol. The first kappa shape index (κ1) is 20.9. The van der Waals surface area contributed by atoms with E-state index >= 15 is 0 Å². The van der Waals surface area contributed by atoms with Crippen LogP contribution in [0.2, 0.25) is 0 Å². The number of rotatable bonds is 10. The molecule has 0 aliphatic carbocycles. The first-order chi connectivity index (χ1) is 14.6. The molecule has 0 saturated heterocycles. The van der Waals surface area contributed by atoms with Crippen molar-refractivity contribution in [3.05, 3.63) is 83.7 Å². The number of benzene rings is 1. The summed E-state index contributed by atoms with van der Waals surface area (Å²) in [5.41, 5.74) is 1.33. The summed E-state index contributed by atoms with van der Waals surface area (Å²) in [6, 6.07) is 13.8. The quantitative estimate of drug-likeness (QED) is 0.446. The fourth-order valence-corrected chi connectivity index (χ4v) is 2.74. The first-order valence-corrected chi connectivity index (χ1v) is 9.60. The molecule has 0 aliphatic heterocycles. The second kappa shape index (κ2) is 10.7. The van der Waals surface area contributed by atoms with Gasteiger partial charge >= 0.3 is 0 Å². The summed E-state index contributed by atoms with van der Waals surface area (Å²) in [6.07, 6.45) is 3.77. The molecular formula is C22H23N3O5. The second-order valence-corrected chi connectivity index (χ2v) is 6.58. The molecule has 30 heavy (non-hydrogen) atoms. The van der Waals surface area contributed by atoms with E-state index in [-0.39, 0.29) is 29.9 Å². The number of carbonyl (C=O) groups excluding carboxylic acids is 3. The molecule has 0 spiro atoms. The molecule has 0 fully saturated rings. The van der Waals surface area contributed by atoms with Crippen molar-refractivity contribution in [3.8, 4) is 0 Å². The van der Waals surface area contributed by atoms with Gasteiger partial charge in [0.25, 0.3) is 11.8 Å². The van der Waals surface area contributed by atoms with Crippen molar-refractivity contribution in [2.24, 2.45) is 0 Å². The van der Waals surface area contributed by atoms with Crippen LogP contribution in [0.3, 0.4) is 0 Å². The Morgan fingerprint density at radius 3 is 2.40 bits per heavy atom.